The molecule has 0 heterocycles. The molecule has 0 aromatic carbocycles. The van der Waals surface area contributed by atoms with Crippen molar-refractivity contribution in [2.75, 3.05) is 26.7 Å². The summed E-state index contributed by atoms with van der Waals surface area (Å²) >= 11 is 0. The lowest BCUT2D eigenvalue weighted by molar-refractivity contribution is -0.147. The Bertz CT molecular complexity index is 171. The molecule has 15 heavy (non-hydrogen) atoms. The van der Waals surface area contributed by atoms with E-state index in [1.54, 1.807) is 0 Å². The number of rotatable bonds is 8. The summed E-state index contributed by atoms with van der Waals surface area (Å²) in [6.45, 7) is 8.30. The van der Waals surface area contributed by atoms with Crippen molar-refractivity contribution in [3.63, 3.8) is 0 Å². The number of carbonyl (C=O) groups is 1. The zero-order valence-electron chi connectivity index (χ0n) is 10.6. The molecule has 1 atom stereocenters. The summed E-state index contributed by atoms with van der Waals surface area (Å²) in [7, 11) is 2.06. The molecule has 3 heteroatoms. The van der Waals surface area contributed by atoms with E-state index < -0.39 is 0 Å². The summed E-state index contributed by atoms with van der Waals surface area (Å²) in [6.07, 6.45) is 3.71. The zero-order chi connectivity index (χ0) is 11.7. The second-order valence-electron chi connectivity index (χ2n) is 4.12. The van der Waals surface area contributed by atoms with Gasteiger partial charge in [-0.1, -0.05) is 26.7 Å². The first kappa shape index (κ1) is 14.4. The van der Waals surface area contributed by atoms with Gasteiger partial charge in [0.15, 0.2) is 0 Å². The Labute approximate surface area is 93.8 Å². The molecule has 0 saturated carbocycles. The highest BCUT2D eigenvalue weighted by Gasteiger charge is 2.15. The highest BCUT2D eigenvalue weighted by atomic mass is 16.5. The number of hydrogen-bond acceptors (Lipinski definition) is 3. The summed E-state index contributed by atoms with van der Waals surface area (Å²) in [6, 6.07) is 0. The molecule has 0 aromatic heterocycles. The van der Waals surface area contributed by atoms with Gasteiger partial charge in [0.2, 0.25) is 0 Å². The second-order valence-corrected chi connectivity index (χ2v) is 4.12. The Morgan fingerprint density at radius 1 is 1.33 bits per heavy atom. The van der Waals surface area contributed by atoms with Crippen LogP contribution in [0.2, 0.25) is 0 Å². The predicted octanol–water partition coefficient (Wildman–Crippen LogP) is 2.31. The largest absolute Gasteiger partial charge is 0.466 e. The molecule has 0 amide bonds. The van der Waals surface area contributed by atoms with Gasteiger partial charge in [-0.15, -0.1) is 0 Å². The third kappa shape index (κ3) is 7.37. The van der Waals surface area contributed by atoms with Crippen LogP contribution in [0.15, 0.2) is 0 Å². The van der Waals surface area contributed by atoms with Gasteiger partial charge < -0.3 is 9.64 Å². The standard InChI is InChI=1S/C12H25NO2/c1-5-7-8-9-13(4)10-11(3)12(14)15-6-2/h11H,5-10H2,1-4H3. The van der Waals surface area contributed by atoms with Crippen molar-refractivity contribution in [3.05, 3.63) is 0 Å². The fourth-order valence-electron chi connectivity index (χ4n) is 1.55. The maximum atomic E-state index is 11.4. The van der Waals surface area contributed by atoms with E-state index in [9.17, 15) is 4.79 Å². The van der Waals surface area contributed by atoms with Crippen LogP contribution < -0.4 is 0 Å². The lowest BCUT2D eigenvalue weighted by Crippen LogP contribution is -2.30. The smallest absolute Gasteiger partial charge is 0.309 e. The maximum absolute atomic E-state index is 11.4. The summed E-state index contributed by atoms with van der Waals surface area (Å²) in [5.74, 6) is -0.101. The van der Waals surface area contributed by atoms with Crippen molar-refractivity contribution in [3.8, 4) is 0 Å². The monoisotopic (exact) mass is 215 g/mol. The van der Waals surface area contributed by atoms with Gasteiger partial charge >= 0.3 is 5.97 Å². The number of esters is 1. The Kier molecular flexibility index (Phi) is 8.38. The summed E-state index contributed by atoms with van der Waals surface area (Å²) in [4.78, 5) is 13.6. The van der Waals surface area contributed by atoms with Crippen LogP contribution in [0.25, 0.3) is 0 Å². The molecule has 0 bridgehead atoms. The van der Waals surface area contributed by atoms with Gasteiger partial charge in [0.25, 0.3) is 0 Å². The molecule has 0 radical (unpaired) electrons. The van der Waals surface area contributed by atoms with Crippen molar-refractivity contribution in [1.82, 2.24) is 4.90 Å². The topological polar surface area (TPSA) is 29.5 Å². The molecule has 0 aliphatic heterocycles. The van der Waals surface area contributed by atoms with Crippen LogP contribution in [0.1, 0.15) is 40.0 Å². The third-order valence-corrected chi connectivity index (χ3v) is 2.42. The Balaban J connectivity index is 3.65. The molecule has 0 spiro atoms. The number of hydrogen-bond donors (Lipinski definition) is 0. The maximum Gasteiger partial charge on any atom is 0.309 e. The van der Waals surface area contributed by atoms with Crippen molar-refractivity contribution in [2.45, 2.75) is 40.0 Å². The fraction of sp³-hybridized carbons (Fsp3) is 0.917. The quantitative estimate of drug-likeness (QED) is 0.459. The molecule has 0 aliphatic rings. The van der Waals surface area contributed by atoms with Crippen molar-refractivity contribution in [2.24, 2.45) is 5.92 Å². The molecule has 3 nitrogen and oxygen atoms in total. The van der Waals surface area contributed by atoms with Crippen LogP contribution in [0.3, 0.4) is 0 Å². The van der Waals surface area contributed by atoms with Crippen molar-refractivity contribution >= 4 is 5.97 Å². The van der Waals surface area contributed by atoms with Gasteiger partial charge in [-0.25, -0.2) is 0 Å². The minimum Gasteiger partial charge on any atom is -0.466 e. The molecule has 0 N–H and O–H groups in total. The summed E-state index contributed by atoms with van der Waals surface area (Å²) < 4.78 is 4.96. The van der Waals surface area contributed by atoms with Crippen LogP contribution in [0.4, 0.5) is 0 Å². The minimum atomic E-state index is -0.0835. The van der Waals surface area contributed by atoms with E-state index in [1.165, 1.54) is 19.3 Å². The van der Waals surface area contributed by atoms with Gasteiger partial charge in [-0.05, 0) is 26.9 Å². The van der Waals surface area contributed by atoms with Crippen molar-refractivity contribution < 1.29 is 9.53 Å². The Morgan fingerprint density at radius 2 is 2.00 bits per heavy atom. The van der Waals surface area contributed by atoms with Crippen LogP contribution in [-0.4, -0.2) is 37.6 Å². The highest BCUT2D eigenvalue weighted by molar-refractivity contribution is 5.72. The first-order valence-electron chi connectivity index (χ1n) is 5.97. The summed E-state index contributed by atoms with van der Waals surface area (Å²) in [5.41, 5.74) is 0. The average molecular weight is 215 g/mol. The van der Waals surface area contributed by atoms with Crippen LogP contribution >= 0.6 is 0 Å². The number of unbranched alkanes of at least 4 members (excludes halogenated alkanes) is 2. The molecular formula is C12H25NO2. The molecule has 0 aliphatic carbocycles. The van der Waals surface area contributed by atoms with E-state index in [2.05, 4.69) is 18.9 Å². The predicted molar refractivity (Wildman–Crippen MR) is 62.8 cm³/mol. The zero-order valence-corrected chi connectivity index (χ0v) is 10.6. The third-order valence-electron chi connectivity index (χ3n) is 2.42. The number of carbonyl (C=O) groups excluding carboxylic acids is 1. The van der Waals surface area contributed by atoms with Gasteiger partial charge in [0.1, 0.15) is 0 Å². The Morgan fingerprint density at radius 3 is 2.53 bits per heavy atom. The first-order chi connectivity index (χ1) is 7.11. The molecule has 0 rings (SSSR count). The van der Waals surface area contributed by atoms with E-state index in [4.69, 9.17) is 4.74 Å². The van der Waals surface area contributed by atoms with Crippen LogP contribution in [0, 0.1) is 5.92 Å². The van der Waals surface area contributed by atoms with E-state index >= 15 is 0 Å². The molecule has 0 aromatic rings. The SMILES string of the molecule is CCCCCN(C)CC(C)C(=O)OCC. The number of ether oxygens (including phenoxy) is 1. The minimum absolute atomic E-state index is 0.0171. The molecule has 0 fully saturated rings. The molecule has 0 saturated heterocycles. The fourth-order valence-corrected chi connectivity index (χ4v) is 1.55. The van der Waals surface area contributed by atoms with Crippen LogP contribution in [-0.2, 0) is 9.53 Å². The number of nitrogens with zero attached hydrogens (tertiary/aromatic N) is 1. The van der Waals surface area contributed by atoms with Crippen LogP contribution in [0.5, 0.6) is 0 Å². The first-order valence-corrected chi connectivity index (χ1v) is 5.97. The molecule has 90 valence electrons. The van der Waals surface area contributed by atoms with E-state index in [-0.39, 0.29) is 11.9 Å². The van der Waals surface area contributed by atoms with Gasteiger partial charge in [0.05, 0.1) is 12.5 Å². The average Bonchev–Trinajstić information content (AvgIpc) is 2.18. The molecule has 1 unspecified atom stereocenters. The normalized spacial score (nSPS) is 12.9. The van der Waals surface area contributed by atoms with Gasteiger partial charge in [-0.3, -0.25) is 4.79 Å². The van der Waals surface area contributed by atoms with Gasteiger partial charge in [-0.2, -0.15) is 0 Å². The Hall–Kier alpha value is -0.570. The van der Waals surface area contributed by atoms with E-state index in [1.807, 2.05) is 13.8 Å². The highest BCUT2D eigenvalue weighted by Crippen LogP contribution is 2.03. The second kappa shape index (κ2) is 8.72. The lowest BCUT2D eigenvalue weighted by Gasteiger charge is -2.19. The molecular weight excluding hydrogens is 190 g/mol. The van der Waals surface area contributed by atoms with E-state index in [0.29, 0.717) is 6.61 Å². The van der Waals surface area contributed by atoms with E-state index in [0.717, 1.165) is 13.1 Å². The summed E-state index contributed by atoms with van der Waals surface area (Å²) in [5, 5.41) is 0. The van der Waals surface area contributed by atoms with Gasteiger partial charge in [0, 0.05) is 6.54 Å². The van der Waals surface area contributed by atoms with Crippen molar-refractivity contribution in [1.29, 1.82) is 0 Å². The lowest BCUT2D eigenvalue weighted by atomic mass is 10.1.